The second kappa shape index (κ2) is 27.5. The summed E-state index contributed by atoms with van der Waals surface area (Å²) in [5, 5.41) is 20.8. The lowest BCUT2D eigenvalue weighted by atomic mass is 9.97. The minimum absolute atomic E-state index is 0.733. The highest BCUT2D eigenvalue weighted by Gasteiger charge is 2.34. The predicted octanol–water partition coefficient (Wildman–Crippen LogP) is 34.5. The SMILES string of the molecule is Cc1ccc(N(c2cccc3c2oc2ccccc23)c2cc3ccccc3c3c2oc2c(N(c4ccc(C)cc4)c4cccc5c4oc4ccc(-c6ccc7oc8c(N(c9cccc(C)c9)c9cc%10ccccc%10c%10c9oc9c(N(c%11cccc(C)c%11)c%11cccc%12c%11oc%11ccccc%11%12)cc%11ccccc%11c9%10)cccc8c7c6)cc45)cc4ccccc4c23)cc1. The van der Waals surface area contributed by atoms with Crippen LogP contribution in [0.4, 0.5) is 68.2 Å². The van der Waals surface area contributed by atoms with Gasteiger partial charge in [0.05, 0.1) is 45.5 Å². The van der Waals surface area contributed by atoms with Gasteiger partial charge >= 0.3 is 0 Å². The topological polar surface area (TPSA) is 91.8 Å². The largest absolute Gasteiger partial charge is 0.454 e. The summed E-state index contributed by atoms with van der Waals surface area (Å²) in [6, 6.07) is 135. The Bertz CT molecular complexity index is 9090. The molecular weight excluding hydrogens is 1550 g/mol. The van der Waals surface area contributed by atoms with Crippen LogP contribution in [-0.2, 0) is 0 Å². The molecule has 0 radical (unpaired) electrons. The number of nitrogens with zero attached hydrogens (tertiary/aromatic N) is 4. The summed E-state index contributed by atoms with van der Waals surface area (Å²) in [6.45, 7) is 8.57. The van der Waals surface area contributed by atoms with Gasteiger partial charge in [-0.15, -0.1) is 0 Å². The lowest BCUT2D eigenvalue weighted by Crippen LogP contribution is -2.11. The molecule has 0 unspecified atom stereocenters. The van der Waals surface area contributed by atoms with Crippen LogP contribution in [0.5, 0.6) is 0 Å². The molecule has 0 aliphatic heterocycles. The van der Waals surface area contributed by atoms with Crippen molar-refractivity contribution in [1.29, 1.82) is 0 Å². The number of rotatable bonds is 13. The number of anilines is 12. The summed E-state index contributed by atoms with van der Waals surface area (Å²) in [5.74, 6) is 0. The lowest BCUT2D eigenvalue weighted by molar-refractivity contribution is 0.664. The smallest absolute Gasteiger partial charge is 0.160 e. The van der Waals surface area contributed by atoms with Crippen molar-refractivity contribution in [3.63, 3.8) is 0 Å². The zero-order chi connectivity index (χ0) is 83.3. The summed E-state index contributed by atoms with van der Waals surface area (Å²) in [7, 11) is 0. The van der Waals surface area contributed by atoms with E-state index in [2.05, 4.69) is 399 Å². The third-order valence-electron chi connectivity index (χ3n) is 25.9. The molecule has 0 saturated carbocycles. The van der Waals surface area contributed by atoms with E-state index in [0.717, 1.165) is 276 Å². The van der Waals surface area contributed by atoms with E-state index >= 15 is 0 Å². The van der Waals surface area contributed by atoms with Crippen molar-refractivity contribution in [1.82, 2.24) is 0 Å². The quantitative estimate of drug-likeness (QED) is 0.111. The standard InChI is InChI=1S/C116H74N4O6/c1-67-47-53-77(54-48-67)117(93-41-19-37-87-85-35-13-15-45-101(85)121-109(87)93)97-63-73-25-5-9-31-81(73)105-106-82-32-10-6-26-74(82)64-98(114(106)125-113(97)105)118(78-55-49-68(2)50-56-78)94-42-21-39-89-91-61-71(51-57-103(91)123-111(89)94)72-52-58-104-92(62-72)90-40-22-44-96(112(90)124-104)120(80-30-18-24-70(4)60-80)100-66-76-28-8-12-34-84(76)108-107-83-33-11-7-27-75(83)65-99(115(107)126-116(100)108)119(79-29-17-23-69(3)59-79)95-43-20-38-88-86-36-14-16-46-102(86)122-110(88)95/h5-66H,1-4H3. The molecule has 10 nitrogen and oxygen atoms in total. The molecule has 6 heterocycles. The average Bonchev–Trinajstić information content (AvgIpc) is 1.54. The molecule has 0 bridgehead atoms. The molecule has 0 amide bonds. The number of fused-ring (bicyclic) bond motifs is 26. The maximum absolute atomic E-state index is 7.90. The van der Waals surface area contributed by atoms with Crippen LogP contribution in [0.2, 0.25) is 0 Å². The molecule has 0 spiro atoms. The fourth-order valence-corrected chi connectivity index (χ4v) is 20.2. The summed E-state index contributed by atoms with van der Waals surface area (Å²) >= 11 is 0. The van der Waals surface area contributed by atoms with Gasteiger partial charge in [0.1, 0.15) is 22.3 Å². The van der Waals surface area contributed by atoms with Gasteiger partial charge in [0.2, 0.25) is 0 Å². The summed E-state index contributed by atoms with van der Waals surface area (Å²) in [6.07, 6.45) is 0. The highest BCUT2D eigenvalue weighted by atomic mass is 16.4. The Morgan fingerprint density at radius 1 is 0.159 bits per heavy atom. The fraction of sp³-hybridized carbons (Fsp3) is 0.0345. The van der Waals surface area contributed by atoms with Crippen LogP contribution in [0.25, 0.3) is 186 Å². The van der Waals surface area contributed by atoms with E-state index in [1.807, 2.05) is 24.3 Å². The Kier molecular flexibility index (Phi) is 15.5. The van der Waals surface area contributed by atoms with Gasteiger partial charge in [-0.3, -0.25) is 0 Å². The van der Waals surface area contributed by atoms with Crippen molar-refractivity contribution in [2.24, 2.45) is 0 Å². The van der Waals surface area contributed by atoms with Gasteiger partial charge in [0, 0.05) is 87.4 Å². The number of hydrogen-bond donors (Lipinski definition) is 0. The number of furan rings is 6. The van der Waals surface area contributed by atoms with Crippen LogP contribution in [0.15, 0.2) is 403 Å². The van der Waals surface area contributed by atoms with Crippen LogP contribution in [0, 0.1) is 27.7 Å². The highest BCUT2D eigenvalue weighted by molar-refractivity contribution is 6.34. The Morgan fingerprint density at radius 2 is 0.429 bits per heavy atom. The van der Waals surface area contributed by atoms with Gasteiger partial charge in [0.15, 0.2) is 44.7 Å². The summed E-state index contributed by atoms with van der Waals surface area (Å²) < 4.78 is 44.3. The van der Waals surface area contributed by atoms with Gasteiger partial charge in [-0.25, -0.2) is 0 Å². The van der Waals surface area contributed by atoms with Crippen molar-refractivity contribution in [2.75, 3.05) is 19.6 Å². The Morgan fingerprint density at radius 3 is 0.754 bits per heavy atom. The van der Waals surface area contributed by atoms with Gasteiger partial charge < -0.3 is 46.1 Å². The number of aryl methyl sites for hydroxylation is 4. The third-order valence-corrected chi connectivity index (χ3v) is 25.9. The molecule has 10 heteroatoms. The molecule has 6 aromatic heterocycles. The molecule has 20 aromatic carbocycles. The molecular formula is C116H74N4O6. The molecule has 126 heavy (non-hydrogen) atoms. The lowest BCUT2D eigenvalue weighted by Gasteiger charge is -2.26. The average molecular weight is 1620 g/mol. The van der Waals surface area contributed by atoms with Crippen molar-refractivity contribution >= 4 is 243 Å². The molecule has 26 aromatic rings. The summed E-state index contributed by atoms with van der Waals surface area (Å²) in [4.78, 5) is 9.35. The van der Waals surface area contributed by atoms with E-state index in [0.29, 0.717) is 0 Å². The van der Waals surface area contributed by atoms with E-state index in [4.69, 9.17) is 26.5 Å². The second-order valence-electron chi connectivity index (χ2n) is 33.6. The summed E-state index contributed by atoms with van der Waals surface area (Å²) in [5.41, 5.74) is 26.6. The highest BCUT2D eigenvalue weighted by Crippen LogP contribution is 2.57. The zero-order valence-electron chi connectivity index (χ0n) is 69.0. The van der Waals surface area contributed by atoms with Crippen molar-refractivity contribution in [3.05, 3.63) is 398 Å². The maximum Gasteiger partial charge on any atom is 0.160 e. The molecule has 0 fully saturated rings. The molecule has 0 aliphatic carbocycles. The van der Waals surface area contributed by atoms with E-state index in [1.165, 1.54) is 0 Å². The van der Waals surface area contributed by atoms with Gasteiger partial charge in [-0.2, -0.15) is 0 Å². The van der Waals surface area contributed by atoms with Crippen LogP contribution < -0.4 is 19.6 Å². The molecule has 0 atom stereocenters. The van der Waals surface area contributed by atoms with E-state index in [1.54, 1.807) is 0 Å². The first kappa shape index (κ1) is 71.2. The Balaban J connectivity index is 0.638. The molecule has 0 aliphatic rings. The number of para-hydroxylation sites is 6. The van der Waals surface area contributed by atoms with Crippen LogP contribution in [-0.4, -0.2) is 0 Å². The minimum Gasteiger partial charge on any atom is -0.454 e. The first-order valence-corrected chi connectivity index (χ1v) is 42.9. The van der Waals surface area contributed by atoms with Crippen molar-refractivity contribution in [3.8, 4) is 11.1 Å². The third kappa shape index (κ3) is 10.8. The number of benzene rings is 20. The van der Waals surface area contributed by atoms with E-state index in [-0.39, 0.29) is 0 Å². The molecule has 0 N–H and O–H groups in total. The fourth-order valence-electron chi connectivity index (χ4n) is 20.2. The van der Waals surface area contributed by atoms with E-state index in [9.17, 15) is 0 Å². The minimum atomic E-state index is 0.733. The van der Waals surface area contributed by atoms with E-state index < -0.39 is 0 Å². The molecule has 26 rings (SSSR count). The first-order chi connectivity index (χ1) is 62.1. The second-order valence-corrected chi connectivity index (χ2v) is 33.6. The first-order valence-electron chi connectivity index (χ1n) is 42.9. The number of hydrogen-bond acceptors (Lipinski definition) is 10. The van der Waals surface area contributed by atoms with Gasteiger partial charge in [-0.05, 0) is 226 Å². The van der Waals surface area contributed by atoms with Crippen molar-refractivity contribution < 1.29 is 26.5 Å². The zero-order valence-corrected chi connectivity index (χ0v) is 69.0. The maximum atomic E-state index is 7.90. The van der Waals surface area contributed by atoms with Crippen molar-refractivity contribution in [2.45, 2.75) is 27.7 Å². The predicted molar refractivity (Wildman–Crippen MR) is 523 cm³/mol. The van der Waals surface area contributed by atoms with Crippen LogP contribution >= 0.6 is 0 Å². The Labute approximate surface area is 721 Å². The molecule has 594 valence electrons. The normalized spacial score (nSPS) is 12.1. The molecule has 0 saturated heterocycles. The van der Waals surface area contributed by atoms with Gasteiger partial charge in [-0.1, -0.05) is 254 Å². The monoisotopic (exact) mass is 1620 g/mol. The van der Waals surface area contributed by atoms with Crippen LogP contribution in [0.3, 0.4) is 0 Å². The Hall–Kier alpha value is -16.6. The van der Waals surface area contributed by atoms with Crippen LogP contribution in [0.1, 0.15) is 22.3 Å². The van der Waals surface area contributed by atoms with Gasteiger partial charge in [0.25, 0.3) is 0 Å².